The number of amides is 2. The largest absolute Gasteiger partial charge is 0.398 e. The van der Waals surface area contributed by atoms with E-state index in [9.17, 15) is 9.59 Å². The van der Waals surface area contributed by atoms with E-state index < -0.39 is 5.41 Å². The first kappa shape index (κ1) is 15.0. The zero-order valence-corrected chi connectivity index (χ0v) is 11.8. The highest BCUT2D eigenvalue weighted by Gasteiger charge is 2.27. The van der Waals surface area contributed by atoms with Crippen LogP contribution in [0.4, 0.5) is 5.69 Å². The third-order valence-corrected chi connectivity index (χ3v) is 3.07. The first-order chi connectivity index (χ1) is 8.77. The highest BCUT2D eigenvalue weighted by atomic mass is 16.2. The molecule has 0 aliphatic heterocycles. The van der Waals surface area contributed by atoms with Crippen LogP contribution in [-0.4, -0.2) is 25.4 Å². The third kappa shape index (κ3) is 3.71. The van der Waals surface area contributed by atoms with Crippen molar-refractivity contribution in [3.8, 4) is 0 Å². The molecule has 0 saturated heterocycles. The van der Waals surface area contributed by atoms with Gasteiger partial charge in [0.25, 0.3) is 5.91 Å². The Morgan fingerprint density at radius 2 is 1.95 bits per heavy atom. The molecule has 1 aromatic carbocycles. The van der Waals surface area contributed by atoms with Gasteiger partial charge in [0.15, 0.2) is 0 Å². The quantitative estimate of drug-likeness (QED) is 0.711. The molecular weight excluding hydrogens is 242 g/mol. The van der Waals surface area contributed by atoms with Crippen molar-refractivity contribution in [3.05, 3.63) is 29.3 Å². The van der Waals surface area contributed by atoms with Gasteiger partial charge in [0.2, 0.25) is 5.91 Å². The van der Waals surface area contributed by atoms with Crippen LogP contribution < -0.4 is 16.4 Å². The van der Waals surface area contributed by atoms with E-state index in [4.69, 9.17) is 5.73 Å². The van der Waals surface area contributed by atoms with Gasteiger partial charge >= 0.3 is 0 Å². The van der Waals surface area contributed by atoms with E-state index in [-0.39, 0.29) is 18.4 Å². The summed E-state index contributed by atoms with van der Waals surface area (Å²) in [4.78, 5) is 23.6. The fourth-order valence-corrected chi connectivity index (χ4v) is 1.60. The molecule has 1 aromatic rings. The summed E-state index contributed by atoms with van der Waals surface area (Å²) in [6.07, 6.45) is 0. The predicted molar refractivity (Wildman–Crippen MR) is 75.8 cm³/mol. The van der Waals surface area contributed by atoms with Gasteiger partial charge in [-0.25, -0.2) is 0 Å². The second-order valence-corrected chi connectivity index (χ2v) is 5.22. The smallest absolute Gasteiger partial charge is 0.251 e. The maximum Gasteiger partial charge on any atom is 0.251 e. The lowest BCUT2D eigenvalue weighted by atomic mass is 9.92. The molecule has 0 aliphatic carbocycles. The van der Waals surface area contributed by atoms with Crippen LogP contribution in [0.5, 0.6) is 0 Å². The van der Waals surface area contributed by atoms with Gasteiger partial charge in [-0.1, -0.05) is 6.07 Å². The Morgan fingerprint density at radius 1 is 1.32 bits per heavy atom. The fraction of sp³-hybridized carbons (Fsp3) is 0.429. The normalized spacial score (nSPS) is 10.9. The number of hydrogen-bond acceptors (Lipinski definition) is 3. The molecule has 0 bridgehead atoms. The monoisotopic (exact) mass is 263 g/mol. The summed E-state index contributed by atoms with van der Waals surface area (Å²) in [5.41, 5.74) is 7.12. The topological polar surface area (TPSA) is 84.2 Å². The number of hydrogen-bond donors (Lipinski definition) is 3. The van der Waals surface area contributed by atoms with Crippen molar-refractivity contribution in [3.63, 3.8) is 0 Å². The van der Waals surface area contributed by atoms with Crippen LogP contribution in [0.1, 0.15) is 29.8 Å². The van der Waals surface area contributed by atoms with E-state index in [1.54, 1.807) is 39.1 Å². The van der Waals surface area contributed by atoms with E-state index in [1.165, 1.54) is 0 Å². The van der Waals surface area contributed by atoms with Gasteiger partial charge in [-0.05, 0) is 38.5 Å². The van der Waals surface area contributed by atoms with Crippen LogP contribution in [0.3, 0.4) is 0 Å². The highest BCUT2D eigenvalue weighted by Crippen LogP contribution is 2.15. The Kier molecular flexibility index (Phi) is 4.53. The van der Waals surface area contributed by atoms with Crippen molar-refractivity contribution < 1.29 is 9.59 Å². The number of carbonyl (C=O) groups is 2. The Bertz CT molecular complexity index is 495. The van der Waals surface area contributed by atoms with Crippen molar-refractivity contribution >= 4 is 17.5 Å². The van der Waals surface area contributed by atoms with Gasteiger partial charge in [-0.2, -0.15) is 0 Å². The average molecular weight is 263 g/mol. The van der Waals surface area contributed by atoms with Crippen molar-refractivity contribution in [2.75, 3.05) is 19.3 Å². The molecule has 0 aromatic heterocycles. The van der Waals surface area contributed by atoms with E-state index in [1.807, 2.05) is 6.92 Å². The summed E-state index contributed by atoms with van der Waals surface area (Å²) in [6, 6.07) is 5.15. The Hall–Kier alpha value is -2.04. The number of benzene rings is 1. The van der Waals surface area contributed by atoms with E-state index in [2.05, 4.69) is 10.6 Å². The minimum atomic E-state index is -0.652. The fourth-order valence-electron chi connectivity index (χ4n) is 1.60. The minimum Gasteiger partial charge on any atom is -0.398 e. The SMILES string of the molecule is CNC(=O)C(C)(C)CNC(=O)c1ccc(C)c(N)c1. The maximum absolute atomic E-state index is 12.0. The first-order valence-corrected chi connectivity index (χ1v) is 6.14. The Morgan fingerprint density at radius 3 is 2.47 bits per heavy atom. The predicted octanol–water partition coefficient (Wildman–Crippen LogP) is 1.08. The van der Waals surface area contributed by atoms with Crippen LogP contribution in [0.25, 0.3) is 0 Å². The van der Waals surface area contributed by atoms with Crippen molar-refractivity contribution in [2.45, 2.75) is 20.8 Å². The van der Waals surface area contributed by atoms with Gasteiger partial charge in [0.1, 0.15) is 0 Å². The molecule has 2 amide bonds. The van der Waals surface area contributed by atoms with Crippen molar-refractivity contribution in [2.24, 2.45) is 5.41 Å². The third-order valence-electron chi connectivity index (χ3n) is 3.07. The van der Waals surface area contributed by atoms with Crippen LogP contribution in [0.15, 0.2) is 18.2 Å². The summed E-state index contributed by atoms with van der Waals surface area (Å²) < 4.78 is 0. The lowest BCUT2D eigenvalue weighted by Gasteiger charge is -2.22. The van der Waals surface area contributed by atoms with Crippen LogP contribution in [0.2, 0.25) is 0 Å². The highest BCUT2D eigenvalue weighted by molar-refractivity contribution is 5.95. The molecule has 0 unspecified atom stereocenters. The molecule has 19 heavy (non-hydrogen) atoms. The molecule has 4 N–H and O–H groups in total. The average Bonchev–Trinajstić information content (AvgIpc) is 2.38. The molecule has 0 fully saturated rings. The van der Waals surface area contributed by atoms with Crippen LogP contribution in [0, 0.1) is 12.3 Å². The molecule has 0 atom stereocenters. The lowest BCUT2D eigenvalue weighted by molar-refractivity contribution is -0.128. The zero-order chi connectivity index (χ0) is 14.6. The molecule has 0 saturated carbocycles. The summed E-state index contributed by atoms with van der Waals surface area (Å²) in [5.74, 6) is -0.347. The Balaban J connectivity index is 2.70. The molecule has 0 spiro atoms. The number of nitrogens with one attached hydrogen (secondary N) is 2. The van der Waals surface area contributed by atoms with E-state index in [0.717, 1.165) is 5.56 Å². The van der Waals surface area contributed by atoms with Gasteiger partial charge in [0.05, 0.1) is 5.41 Å². The van der Waals surface area contributed by atoms with Crippen molar-refractivity contribution in [1.82, 2.24) is 10.6 Å². The van der Waals surface area contributed by atoms with Gasteiger partial charge < -0.3 is 16.4 Å². The van der Waals surface area contributed by atoms with E-state index in [0.29, 0.717) is 11.3 Å². The number of anilines is 1. The van der Waals surface area contributed by atoms with Crippen LogP contribution in [-0.2, 0) is 4.79 Å². The summed E-state index contributed by atoms with van der Waals surface area (Å²) in [5, 5.41) is 5.32. The van der Waals surface area contributed by atoms with Gasteiger partial charge in [0, 0.05) is 24.8 Å². The molecule has 0 heterocycles. The summed E-state index contributed by atoms with van der Waals surface area (Å²) in [6.45, 7) is 5.69. The number of aryl methyl sites for hydroxylation is 1. The molecule has 5 nitrogen and oxygen atoms in total. The molecule has 0 aliphatic rings. The molecule has 5 heteroatoms. The molecule has 104 valence electrons. The molecular formula is C14H21N3O2. The number of nitrogen functional groups attached to an aromatic ring is 1. The van der Waals surface area contributed by atoms with Crippen LogP contribution >= 0.6 is 0 Å². The second kappa shape index (κ2) is 5.73. The number of rotatable bonds is 4. The number of carbonyl (C=O) groups excluding carboxylic acids is 2. The van der Waals surface area contributed by atoms with Gasteiger partial charge in [-0.15, -0.1) is 0 Å². The maximum atomic E-state index is 12.0. The second-order valence-electron chi connectivity index (χ2n) is 5.22. The first-order valence-electron chi connectivity index (χ1n) is 6.14. The summed E-state index contributed by atoms with van der Waals surface area (Å²) >= 11 is 0. The zero-order valence-electron chi connectivity index (χ0n) is 11.8. The lowest BCUT2D eigenvalue weighted by Crippen LogP contribution is -2.43. The molecule has 1 rings (SSSR count). The van der Waals surface area contributed by atoms with Gasteiger partial charge in [-0.3, -0.25) is 9.59 Å². The summed E-state index contributed by atoms with van der Waals surface area (Å²) in [7, 11) is 1.58. The number of nitrogens with two attached hydrogens (primary N) is 1. The molecule has 0 radical (unpaired) electrons. The van der Waals surface area contributed by atoms with E-state index >= 15 is 0 Å². The Labute approximate surface area is 113 Å². The van der Waals surface area contributed by atoms with Crippen molar-refractivity contribution in [1.29, 1.82) is 0 Å². The standard InChI is InChI=1S/C14H21N3O2/c1-9-5-6-10(7-11(9)15)12(18)17-8-14(2,3)13(19)16-4/h5-7H,8,15H2,1-4H3,(H,16,19)(H,17,18). The minimum absolute atomic E-state index is 0.115.